The Labute approximate surface area is 143 Å². The summed E-state index contributed by atoms with van der Waals surface area (Å²) in [6.45, 7) is 2.14. The highest BCUT2D eigenvalue weighted by atomic mass is 16.5. The summed E-state index contributed by atoms with van der Waals surface area (Å²) in [4.78, 5) is 27.3. The van der Waals surface area contributed by atoms with Crippen LogP contribution >= 0.6 is 0 Å². The number of benzene rings is 2. The Bertz CT molecular complexity index is 1030. The maximum Gasteiger partial charge on any atom is 0.338 e. The molecule has 0 amide bonds. The summed E-state index contributed by atoms with van der Waals surface area (Å²) < 4.78 is 5.05. The highest BCUT2D eigenvalue weighted by Gasteiger charge is 2.14. The number of carbonyl (C=O) groups excluding carboxylic acids is 1. The molecule has 0 bridgehead atoms. The number of aromatic amines is 2. The number of esters is 1. The fourth-order valence-electron chi connectivity index (χ4n) is 2.79. The molecule has 0 aliphatic heterocycles. The Morgan fingerprint density at radius 3 is 2.64 bits per heavy atom. The lowest BCUT2D eigenvalue weighted by molar-refractivity contribution is 0.0526. The van der Waals surface area contributed by atoms with E-state index in [1.165, 1.54) is 0 Å². The first-order chi connectivity index (χ1) is 12.3. The molecule has 0 unspecified atom stereocenters. The topological polar surface area (TPSA) is 83.7 Å². The number of rotatable bonds is 4. The van der Waals surface area contributed by atoms with Crippen LogP contribution in [0, 0.1) is 0 Å². The fraction of sp³-hybridized carbons (Fsp3) is 0.105. The predicted molar refractivity (Wildman–Crippen MR) is 95.1 cm³/mol. The van der Waals surface area contributed by atoms with Gasteiger partial charge in [-0.1, -0.05) is 24.3 Å². The van der Waals surface area contributed by atoms with E-state index >= 15 is 0 Å². The maximum absolute atomic E-state index is 11.9. The van der Waals surface area contributed by atoms with E-state index < -0.39 is 0 Å². The summed E-state index contributed by atoms with van der Waals surface area (Å²) in [7, 11) is 0. The van der Waals surface area contributed by atoms with Crippen LogP contribution in [0.2, 0.25) is 0 Å². The number of hydrogen-bond acceptors (Lipinski definition) is 4. The number of imidazole rings is 2. The van der Waals surface area contributed by atoms with Gasteiger partial charge in [0.15, 0.2) is 0 Å². The Kier molecular flexibility index (Phi) is 3.78. The molecule has 2 heterocycles. The third kappa shape index (κ3) is 2.78. The van der Waals surface area contributed by atoms with Gasteiger partial charge in [0.25, 0.3) is 0 Å². The number of carbonyl (C=O) groups is 1. The number of nitrogens with zero attached hydrogens (tertiary/aromatic N) is 2. The van der Waals surface area contributed by atoms with E-state index in [4.69, 9.17) is 4.74 Å². The van der Waals surface area contributed by atoms with E-state index in [2.05, 4.69) is 19.9 Å². The molecule has 0 saturated heterocycles. The molecule has 4 aromatic rings. The van der Waals surface area contributed by atoms with E-state index in [-0.39, 0.29) is 5.97 Å². The Hall–Kier alpha value is -3.41. The number of ether oxygens (including phenoxy) is 1. The zero-order valence-electron chi connectivity index (χ0n) is 13.6. The lowest BCUT2D eigenvalue weighted by Gasteiger charge is -2.04. The summed E-state index contributed by atoms with van der Waals surface area (Å²) in [6.07, 6.45) is 3.51. The van der Waals surface area contributed by atoms with E-state index in [0.717, 1.165) is 33.8 Å². The molecule has 0 aliphatic rings. The van der Waals surface area contributed by atoms with E-state index in [0.29, 0.717) is 12.2 Å². The molecule has 6 heteroatoms. The smallest absolute Gasteiger partial charge is 0.338 e. The highest BCUT2D eigenvalue weighted by Crippen LogP contribution is 2.29. The van der Waals surface area contributed by atoms with Gasteiger partial charge in [0.1, 0.15) is 11.6 Å². The lowest BCUT2D eigenvalue weighted by Crippen LogP contribution is -2.04. The van der Waals surface area contributed by atoms with Crippen LogP contribution in [-0.2, 0) is 4.74 Å². The molecule has 2 aromatic heterocycles. The van der Waals surface area contributed by atoms with Crippen molar-refractivity contribution in [3.63, 3.8) is 0 Å². The average Bonchev–Trinajstić information content (AvgIpc) is 3.31. The first kappa shape index (κ1) is 15.1. The van der Waals surface area contributed by atoms with Crippen LogP contribution in [0.3, 0.4) is 0 Å². The van der Waals surface area contributed by atoms with Crippen LogP contribution in [-0.4, -0.2) is 32.5 Å². The predicted octanol–water partition coefficient (Wildman–Crippen LogP) is 3.80. The van der Waals surface area contributed by atoms with Crippen molar-refractivity contribution < 1.29 is 9.53 Å². The standard InChI is InChI=1S/C19H16N4O2/c1-2-25-19(24)12-7-8-15-16(11-12)23-18(22-15)14-6-4-3-5-13(14)17-20-9-10-21-17/h3-11H,2H2,1H3,(H,20,21)(H,22,23). The number of aromatic nitrogens is 4. The van der Waals surface area contributed by atoms with Crippen molar-refractivity contribution in [1.82, 2.24) is 19.9 Å². The average molecular weight is 332 g/mol. The van der Waals surface area contributed by atoms with Crippen molar-refractivity contribution in [1.29, 1.82) is 0 Å². The number of H-pyrrole nitrogens is 2. The number of nitrogens with one attached hydrogen (secondary N) is 2. The normalized spacial score (nSPS) is 10.9. The van der Waals surface area contributed by atoms with Gasteiger partial charge in [-0.2, -0.15) is 0 Å². The molecule has 25 heavy (non-hydrogen) atoms. The molecule has 0 atom stereocenters. The van der Waals surface area contributed by atoms with Gasteiger partial charge < -0.3 is 14.7 Å². The van der Waals surface area contributed by atoms with Gasteiger partial charge >= 0.3 is 5.97 Å². The minimum Gasteiger partial charge on any atom is -0.462 e. The van der Waals surface area contributed by atoms with Crippen LogP contribution < -0.4 is 0 Å². The van der Waals surface area contributed by atoms with E-state index in [9.17, 15) is 4.79 Å². The molecule has 2 aromatic carbocycles. The monoisotopic (exact) mass is 332 g/mol. The summed E-state index contributed by atoms with van der Waals surface area (Å²) in [5, 5.41) is 0. The van der Waals surface area contributed by atoms with Crippen LogP contribution in [0.5, 0.6) is 0 Å². The SMILES string of the molecule is CCOC(=O)c1ccc2nc(-c3ccccc3-c3ncc[nH]3)[nH]c2c1. The highest BCUT2D eigenvalue weighted by molar-refractivity contribution is 5.94. The minimum atomic E-state index is -0.337. The van der Waals surface area contributed by atoms with Crippen LogP contribution in [0.1, 0.15) is 17.3 Å². The van der Waals surface area contributed by atoms with Crippen molar-refractivity contribution in [3.05, 3.63) is 60.4 Å². The van der Waals surface area contributed by atoms with Crippen LogP contribution in [0.25, 0.3) is 33.8 Å². The van der Waals surface area contributed by atoms with Gasteiger partial charge in [0, 0.05) is 23.5 Å². The Morgan fingerprint density at radius 1 is 1.12 bits per heavy atom. The van der Waals surface area contributed by atoms with Crippen molar-refractivity contribution in [2.45, 2.75) is 6.92 Å². The molecule has 0 spiro atoms. The van der Waals surface area contributed by atoms with Gasteiger partial charge in [0.2, 0.25) is 0 Å². The summed E-state index contributed by atoms with van der Waals surface area (Å²) in [5.74, 6) is 1.17. The first-order valence-corrected chi connectivity index (χ1v) is 8.02. The zero-order valence-corrected chi connectivity index (χ0v) is 13.6. The maximum atomic E-state index is 11.9. The Morgan fingerprint density at radius 2 is 1.92 bits per heavy atom. The van der Waals surface area contributed by atoms with Crippen LogP contribution in [0.15, 0.2) is 54.9 Å². The van der Waals surface area contributed by atoms with Gasteiger partial charge in [-0.05, 0) is 25.1 Å². The second-order valence-corrected chi connectivity index (χ2v) is 5.52. The van der Waals surface area contributed by atoms with Gasteiger partial charge in [-0.15, -0.1) is 0 Å². The van der Waals surface area contributed by atoms with Crippen molar-refractivity contribution in [2.75, 3.05) is 6.61 Å². The molecule has 4 rings (SSSR count). The largest absolute Gasteiger partial charge is 0.462 e. The molecule has 0 fully saturated rings. The lowest BCUT2D eigenvalue weighted by atomic mass is 10.1. The molecule has 0 radical (unpaired) electrons. The second kappa shape index (κ2) is 6.24. The molecule has 6 nitrogen and oxygen atoms in total. The molecular formula is C19H16N4O2. The van der Waals surface area contributed by atoms with Crippen LogP contribution in [0.4, 0.5) is 0 Å². The quantitative estimate of drug-likeness (QED) is 0.557. The molecule has 0 saturated carbocycles. The summed E-state index contributed by atoms with van der Waals surface area (Å²) >= 11 is 0. The number of fused-ring (bicyclic) bond motifs is 1. The van der Waals surface area contributed by atoms with Crippen molar-refractivity contribution in [2.24, 2.45) is 0 Å². The third-order valence-corrected chi connectivity index (χ3v) is 3.93. The minimum absolute atomic E-state index is 0.337. The zero-order chi connectivity index (χ0) is 17.2. The number of hydrogen-bond donors (Lipinski definition) is 2. The van der Waals surface area contributed by atoms with E-state index in [1.54, 1.807) is 31.5 Å². The van der Waals surface area contributed by atoms with Gasteiger partial charge in [-0.25, -0.2) is 14.8 Å². The molecule has 2 N–H and O–H groups in total. The Balaban J connectivity index is 1.80. The molecular weight excluding hydrogens is 316 g/mol. The van der Waals surface area contributed by atoms with Crippen molar-refractivity contribution >= 4 is 17.0 Å². The first-order valence-electron chi connectivity index (χ1n) is 8.02. The third-order valence-electron chi connectivity index (χ3n) is 3.93. The van der Waals surface area contributed by atoms with Gasteiger partial charge in [0.05, 0.1) is 23.2 Å². The molecule has 124 valence electrons. The van der Waals surface area contributed by atoms with E-state index in [1.807, 2.05) is 30.3 Å². The summed E-state index contributed by atoms with van der Waals surface area (Å²) in [6, 6.07) is 13.2. The van der Waals surface area contributed by atoms with Crippen molar-refractivity contribution in [3.8, 4) is 22.8 Å². The molecule has 0 aliphatic carbocycles. The second-order valence-electron chi connectivity index (χ2n) is 5.52. The fourth-order valence-corrected chi connectivity index (χ4v) is 2.79. The summed E-state index contributed by atoms with van der Waals surface area (Å²) in [5.41, 5.74) is 3.97. The van der Waals surface area contributed by atoms with Gasteiger partial charge in [-0.3, -0.25) is 0 Å².